The van der Waals surface area contributed by atoms with Gasteiger partial charge < -0.3 is 20.5 Å². The van der Waals surface area contributed by atoms with E-state index in [2.05, 4.69) is 36.9 Å². The first-order chi connectivity index (χ1) is 22.4. The number of carbonyl (C=O) groups excluding carboxylic acids is 2. The largest absolute Gasteiger partial charge is 0.573 e. The number of amides is 3. The summed E-state index contributed by atoms with van der Waals surface area (Å²) in [5, 5.41) is 13.0. The molecule has 0 saturated heterocycles. The minimum Gasteiger partial charge on any atom is -0.477 e. The van der Waals surface area contributed by atoms with E-state index in [1.54, 1.807) is 12.1 Å². The van der Waals surface area contributed by atoms with E-state index in [1.165, 1.54) is 46.9 Å². The maximum atomic E-state index is 13.6. The Morgan fingerprint density at radius 2 is 1.60 bits per heavy atom. The average Bonchev–Trinajstić information content (AvgIpc) is 3.02. The molecular weight excluding hydrogens is 637 g/mol. The van der Waals surface area contributed by atoms with Gasteiger partial charge in [0, 0.05) is 23.0 Å². The molecule has 3 aromatic carbocycles. The summed E-state index contributed by atoms with van der Waals surface area (Å²) in [4.78, 5) is 37.9. The number of carbonyl (C=O) groups is 3. The standard InChI is InChI=1S/C35H36F5N3O5/c1-33(2,3)26-15-11-23(12-16-26)24-13-17-28(18-14-24)43(32(47)42-27-5-4-6-29(19-27)48-35(38,39)40)20-22-7-9-25(10-8-22)30(44)41-21-34(36,37)31(45)46/h4-11,13-14,17-19,26H,12,15-16,20-21H2,1-3H3,(H,41,44)(H,42,47)(H,45,46). The smallest absolute Gasteiger partial charge is 0.477 e. The summed E-state index contributed by atoms with van der Waals surface area (Å²) < 4.78 is 69.0. The normalized spacial score (nSPS) is 15.2. The summed E-state index contributed by atoms with van der Waals surface area (Å²) in [5.74, 6) is -7.36. The van der Waals surface area contributed by atoms with E-state index in [4.69, 9.17) is 5.11 Å². The number of alkyl halides is 5. The molecule has 0 heterocycles. The molecule has 0 aliphatic heterocycles. The lowest BCUT2D eigenvalue weighted by Crippen LogP contribution is -2.42. The van der Waals surface area contributed by atoms with Gasteiger partial charge in [-0.3, -0.25) is 9.69 Å². The highest BCUT2D eigenvalue weighted by atomic mass is 19.4. The Labute approximate surface area is 274 Å². The van der Waals surface area contributed by atoms with Crippen LogP contribution in [-0.2, 0) is 11.3 Å². The number of nitrogens with zero attached hydrogens (tertiary/aromatic N) is 1. The molecule has 3 aromatic rings. The van der Waals surface area contributed by atoms with Crippen molar-refractivity contribution in [1.82, 2.24) is 5.32 Å². The van der Waals surface area contributed by atoms with Crippen LogP contribution in [-0.4, -0.2) is 41.8 Å². The van der Waals surface area contributed by atoms with Crippen molar-refractivity contribution in [1.29, 1.82) is 0 Å². The summed E-state index contributed by atoms with van der Waals surface area (Å²) in [6.07, 6.45) is 0.254. The Morgan fingerprint density at radius 1 is 0.938 bits per heavy atom. The van der Waals surface area contributed by atoms with Crippen LogP contribution in [0.15, 0.2) is 78.9 Å². The summed E-state index contributed by atoms with van der Waals surface area (Å²) >= 11 is 0. The zero-order chi connectivity index (χ0) is 35.3. The van der Waals surface area contributed by atoms with Crippen LogP contribution in [0.25, 0.3) is 5.57 Å². The van der Waals surface area contributed by atoms with Gasteiger partial charge in [0.1, 0.15) is 5.75 Å². The van der Waals surface area contributed by atoms with Crippen molar-refractivity contribution in [2.45, 2.75) is 58.9 Å². The van der Waals surface area contributed by atoms with Gasteiger partial charge in [-0.2, -0.15) is 8.78 Å². The molecule has 13 heteroatoms. The lowest BCUT2D eigenvalue weighted by Gasteiger charge is -2.33. The van der Waals surface area contributed by atoms with Gasteiger partial charge in [0.25, 0.3) is 5.91 Å². The van der Waals surface area contributed by atoms with Crippen molar-refractivity contribution >= 4 is 34.9 Å². The number of urea groups is 1. The molecule has 256 valence electrons. The third kappa shape index (κ3) is 9.79. The molecule has 1 unspecified atom stereocenters. The third-order valence-electron chi connectivity index (χ3n) is 8.09. The van der Waals surface area contributed by atoms with Gasteiger partial charge in [-0.15, -0.1) is 13.2 Å². The van der Waals surface area contributed by atoms with Crippen molar-refractivity contribution in [2.75, 3.05) is 16.8 Å². The van der Waals surface area contributed by atoms with E-state index < -0.39 is 42.5 Å². The summed E-state index contributed by atoms with van der Waals surface area (Å²) in [5.41, 5.74) is 3.45. The Kier molecular flexibility index (Phi) is 10.8. The SMILES string of the molecule is CC(C)(C)C1CC=C(c2ccc(N(Cc3ccc(C(=O)NCC(F)(F)C(=O)O)cc3)C(=O)Nc3cccc(OC(F)(F)F)c3)cc2)CC1. The zero-order valence-electron chi connectivity index (χ0n) is 26.5. The lowest BCUT2D eigenvalue weighted by molar-refractivity contribution is -0.274. The fourth-order valence-corrected chi connectivity index (χ4v) is 5.29. The van der Waals surface area contributed by atoms with Crippen molar-refractivity contribution in [3.8, 4) is 5.75 Å². The number of carboxylic acids is 1. The van der Waals surface area contributed by atoms with Gasteiger partial charge >= 0.3 is 24.3 Å². The van der Waals surface area contributed by atoms with E-state index in [-0.39, 0.29) is 23.2 Å². The predicted octanol–water partition coefficient (Wildman–Crippen LogP) is 8.50. The van der Waals surface area contributed by atoms with Gasteiger partial charge in [-0.1, -0.05) is 57.2 Å². The quantitative estimate of drug-likeness (QED) is 0.187. The van der Waals surface area contributed by atoms with Crippen LogP contribution < -0.4 is 20.3 Å². The minimum atomic E-state index is -4.92. The number of aliphatic carboxylic acids is 1. The van der Waals surface area contributed by atoms with Gasteiger partial charge in [-0.25, -0.2) is 9.59 Å². The summed E-state index contributed by atoms with van der Waals surface area (Å²) in [6, 6.07) is 17.2. The maximum Gasteiger partial charge on any atom is 0.573 e. The highest BCUT2D eigenvalue weighted by molar-refractivity contribution is 6.02. The molecular formula is C35H36F5N3O5. The second-order valence-corrected chi connectivity index (χ2v) is 12.6. The van der Waals surface area contributed by atoms with Crippen LogP contribution in [0.5, 0.6) is 5.75 Å². The molecule has 0 fully saturated rings. The van der Waals surface area contributed by atoms with Crippen molar-refractivity contribution < 1.29 is 46.2 Å². The molecule has 1 aliphatic carbocycles. The van der Waals surface area contributed by atoms with Crippen LogP contribution in [0.3, 0.4) is 0 Å². The van der Waals surface area contributed by atoms with Gasteiger partial charge in [0.05, 0.1) is 13.1 Å². The van der Waals surface area contributed by atoms with Gasteiger partial charge in [0.2, 0.25) is 0 Å². The van der Waals surface area contributed by atoms with Crippen LogP contribution in [0.4, 0.5) is 38.1 Å². The van der Waals surface area contributed by atoms with Crippen molar-refractivity contribution in [3.05, 3.63) is 95.6 Å². The molecule has 8 nitrogen and oxygen atoms in total. The van der Waals surface area contributed by atoms with E-state index in [9.17, 15) is 36.3 Å². The first-order valence-electron chi connectivity index (χ1n) is 15.1. The maximum absolute atomic E-state index is 13.6. The van der Waals surface area contributed by atoms with Crippen LogP contribution >= 0.6 is 0 Å². The Morgan fingerprint density at radius 3 is 2.17 bits per heavy atom. The Balaban J connectivity index is 1.55. The Bertz CT molecular complexity index is 1650. The van der Waals surface area contributed by atoms with Crippen LogP contribution in [0, 0.1) is 11.3 Å². The van der Waals surface area contributed by atoms with Crippen LogP contribution in [0.2, 0.25) is 0 Å². The Hall–Kier alpha value is -4.94. The summed E-state index contributed by atoms with van der Waals surface area (Å²) in [6.45, 7) is 5.26. The molecule has 48 heavy (non-hydrogen) atoms. The van der Waals surface area contributed by atoms with E-state index >= 15 is 0 Å². The molecule has 0 aromatic heterocycles. The molecule has 0 saturated carbocycles. The van der Waals surface area contributed by atoms with E-state index in [0.717, 1.165) is 37.0 Å². The number of nitrogens with one attached hydrogen (secondary N) is 2. The second-order valence-electron chi connectivity index (χ2n) is 12.6. The fourth-order valence-electron chi connectivity index (χ4n) is 5.29. The first-order valence-corrected chi connectivity index (χ1v) is 15.1. The highest BCUT2D eigenvalue weighted by Gasteiger charge is 2.39. The topological polar surface area (TPSA) is 108 Å². The summed E-state index contributed by atoms with van der Waals surface area (Å²) in [7, 11) is 0. The second kappa shape index (κ2) is 14.4. The predicted molar refractivity (Wildman–Crippen MR) is 171 cm³/mol. The van der Waals surface area contributed by atoms with E-state index in [0.29, 0.717) is 17.2 Å². The fraction of sp³-hybridized carbons (Fsp3) is 0.343. The average molecular weight is 674 g/mol. The number of rotatable bonds is 10. The minimum absolute atomic E-state index is 0.0174. The molecule has 3 N–H and O–H groups in total. The van der Waals surface area contributed by atoms with Crippen molar-refractivity contribution in [2.24, 2.45) is 11.3 Å². The molecule has 0 radical (unpaired) electrons. The monoisotopic (exact) mass is 673 g/mol. The van der Waals surface area contributed by atoms with E-state index in [1.807, 2.05) is 17.4 Å². The zero-order valence-corrected chi connectivity index (χ0v) is 26.5. The lowest BCUT2D eigenvalue weighted by atomic mass is 9.72. The molecule has 0 spiro atoms. The number of hydrogen-bond acceptors (Lipinski definition) is 4. The number of benzene rings is 3. The highest BCUT2D eigenvalue weighted by Crippen LogP contribution is 2.40. The molecule has 3 amide bonds. The van der Waals surface area contributed by atoms with Crippen LogP contribution in [0.1, 0.15) is 61.5 Å². The number of allylic oxidation sites excluding steroid dienone is 2. The molecule has 0 bridgehead atoms. The molecule has 1 aliphatic rings. The van der Waals surface area contributed by atoms with Gasteiger partial charge in [0.15, 0.2) is 0 Å². The number of hydrogen-bond donors (Lipinski definition) is 3. The number of carboxylic acid groups (broad SMARTS) is 1. The number of halogens is 5. The third-order valence-corrected chi connectivity index (χ3v) is 8.09. The first kappa shape index (κ1) is 35.9. The molecule has 1 atom stereocenters. The van der Waals surface area contributed by atoms with Gasteiger partial charge in [-0.05, 0) is 83.7 Å². The number of anilines is 2. The molecule has 4 rings (SSSR count). The number of ether oxygens (including phenoxy) is 1. The van der Waals surface area contributed by atoms with Crippen molar-refractivity contribution in [3.63, 3.8) is 0 Å².